The number of amides is 2. The summed E-state index contributed by atoms with van der Waals surface area (Å²) in [4.78, 5) is 56.6. The van der Waals surface area contributed by atoms with Crippen molar-refractivity contribution in [3.05, 3.63) is 45.1 Å². The maximum atomic E-state index is 13.6. The number of para-hydroxylation sites is 2. The maximum absolute atomic E-state index is 13.6. The van der Waals surface area contributed by atoms with Crippen molar-refractivity contribution in [2.45, 2.75) is 65.5 Å². The normalized spacial score (nSPS) is 15.1. The number of unbranched alkanes of at least 4 members (excludes halogenated alkanes) is 3. The van der Waals surface area contributed by atoms with E-state index in [1.165, 1.54) is 14.4 Å². The molecule has 0 radical (unpaired) electrons. The van der Waals surface area contributed by atoms with Crippen LogP contribution in [0.25, 0.3) is 0 Å². The zero-order valence-corrected chi connectivity index (χ0v) is 20.0. The molecule has 1 aliphatic heterocycles. The van der Waals surface area contributed by atoms with Crippen molar-refractivity contribution < 1.29 is 14.3 Å². The summed E-state index contributed by atoms with van der Waals surface area (Å²) in [6.07, 6.45) is 3.16. The highest BCUT2D eigenvalue weighted by Gasteiger charge is 2.34. The van der Waals surface area contributed by atoms with Gasteiger partial charge in [-0.1, -0.05) is 45.2 Å². The summed E-state index contributed by atoms with van der Waals surface area (Å²) >= 11 is 0. The van der Waals surface area contributed by atoms with E-state index in [0.29, 0.717) is 30.8 Å². The quantitative estimate of drug-likeness (QED) is 0.511. The van der Waals surface area contributed by atoms with Crippen molar-refractivity contribution in [1.29, 1.82) is 0 Å². The predicted octanol–water partition coefficient (Wildman–Crippen LogP) is 2.26. The number of carbonyl (C=O) groups is 2. The van der Waals surface area contributed by atoms with Gasteiger partial charge in [-0.2, -0.15) is 0 Å². The number of hydrogen-bond acceptors (Lipinski definition) is 6. The number of H-pyrrole nitrogens is 1. The lowest BCUT2D eigenvalue weighted by Gasteiger charge is -2.34. The van der Waals surface area contributed by atoms with Crippen molar-refractivity contribution in [1.82, 2.24) is 9.55 Å². The first-order valence-electron chi connectivity index (χ1n) is 11.8. The Bertz CT molecular complexity index is 1160. The standard InChI is InChI=1S/C24H33N5O5/c1-4-6-10-14-27(20-21(25)28(13-7-5-2)24(33)26-22(20)31)19(30)15-29-17-11-8-9-12-18(17)34-16(3)23(29)32/h8-9,11-12,16H,4-7,10,13-15,25H2,1-3H3,(H,26,31,33). The summed E-state index contributed by atoms with van der Waals surface area (Å²) < 4.78 is 6.95. The number of aromatic amines is 1. The molecule has 10 heteroatoms. The molecule has 3 rings (SSSR count). The Morgan fingerprint density at radius 2 is 1.82 bits per heavy atom. The second kappa shape index (κ2) is 11.0. The summed E-state index contributed by atoms with van der Waals surface area (Å²) in [5, 5.41) is 0. The largest absolute Gasteiger partial charge is 0.479 e. The van der Waals surface area contributed by atoms with Crippen LogP contribution in [0.3, 0.4) is 0 Å². The lowest BCUT2D eigenvalue weighted by atomic mass is 10.1. The van der Waals surface area contributed by atoms with E-state index in [9.17, 15) is 19.2 Å². The van der Waals surface area contributed by atoms with Crippen LogP contribution in [-0.2, 0) is 16.1 Å². The third-order valence-corrected chi connectivity index (χ3v) is 5.87. The van der Waals surface area contributed by atoms with Gasteiger partial charge in [0, 0.05) is 13.1 Å². The van der Waals surface area contributed by atoms with Crippen LogP contribution in [-0.4, -0.2) is 40.6 Å². The van der Waals surface area contributed by atoms with Crippen molar-refractivity contribution in [3.63, 3.8) is 0 Å². The molecule has 0 spiro atoms. The van der Waals surface area contributed by atoms with E-state index in [1.54, 1.807) is 31.2 Å². The predicted molar refractivity (Wildman–Crippen MR) is 131 cm³/mol. The average molecular weight is 472 g/mol. The Labute approximate surface area is 198 Å². The summed E-state index contributed by atoms with van der Waals surface area (Å²) in [5.74, 6) is -0.360. The van der Waals surface area contributed by atoms with Crippen molar-refractivity contribution in [2.24, 2.45) is 0 Å². The molecule has 3 N–H and O–H groups in total. The molecule has 1 aromatic heterocycles. The molecule has 1 atom stereocenters. The van der Waals surface area contributed by atoms with Gasteiger partial charge < -0.3 is 15.4 Å². The first kappa shape index (κ1) is 25.1. The number of aromatic nitrogens is 2. The number of rotatable bonds is 10. The number of carbonyl (C=O) groups excluding carboxylic acids is 2. The minimum atomic E-state index is -0.749. The number of ether oxygens (including phenoxy) is 1. The summed E-state index contributed by atoms with van der Waals surface area (Å²) in [7, 11) is 0. The van der Waals surface area contributed by atoms with Crippen molar-refractivity contribution >= 4 is 29.0 Å². The van der Waals surface area contributed by atoms with Gasteiger partial charge in [0.1, 0.15) is 18.1 Å². The van der Waals surface area contributed by atoms with Crippen LogP contribution in [0, 0.1) is 0 Å². The van der Waals surface area contributed by atoms with Gasteiger partial charge in [0.2, 0.25) is 5.91 Å². The molecule has 0 aliphatic carbocycles. The zero-order valence-electron chi connectivity index (χ0n) is 20.0. The van der Waals surface area contributed by atoms with Crippen LogP contribution in [0.2, 0.25) is 0 Å². The Hall–Kier alpha value is -3.56. The van der Waals surface area contributed by atoms with E-state index >= 15 is 0 Å². The van der Waals surface area contributed by atoms with E-state index in [-0.39, 0.29) is 30.5 Å². The lowest BCUT2D eigenvalue weighted by Crippen LogP contribution is -2.51. The minimum absolute atomic E-state index is 0.0471. The molecule has 34 heavy (non-hydrogen) atoms. The first-order valence-corrected chi connectivity index (χ1v) is 11.8. The number of anilines is 3. The zero-order chi connectivity index (χ0) is 24.8. The Balaban J connectivity index is 2.01. The lowest BCUT2D eigenvalue weighted by molar-refractivity contribution is -0.127. The molecule has 0 saturated carbocycles. The molecule has 1 unspecified atom stereocenters. The molecule has 2 heterocycles. The molecule has 0 bridgehead atoms. The Morgan fingerprint density at radius 1 is 1.12 bits per heavy atom. The fraction of sp³-hybridized carbons (Fsp3) is 0.500. The van der Waals surface area contributed by atoms with E-state index < -0.39 is 23.3 Å². The number of nitrogen functional groups attached to an aromatic ring is 1. The van der Waals surface area contributed by atoms with Gasteiger partial charge >= 0.3 is 5.69 Å². The molecule has 2 aromatic rings. The van der Waals surface area contributed by atoms with Crippen LogP contribution < -0.4 is 31.5 Å². The van der Waals surface area contributed by atoms with Crippen LogP contribution in [0.4, 0.5) is 17.2 Å². The number of benzene rings is 1. The first-order chi connectivity index (χ1) is 16.3. The highest BCUT2D eigenvalue weighted by molar-refractivity contribution is 6.07. The average Bonchev–Trinajstić information content (AvgIpc) is 2.80. The molecule has 0 fully saturated rings. The van der Waals surface area contributed by atoms with Crippen LogP contribution in [0.5, 0.6) is 5.75 Å². The number of fused-ring (bicyclic) bond motifs is 1. The molecule has 10 nitrogen and oxygen atoms in total. The van der Waals surface area contributed by atoms with E-state index in [4.69, 9.17) is 10.5 Å². The number of nitrogens with two attached hydrogens (primary N) is 1. The van der Waals surface area contributed by atoms with Gasteiger partial charge in [-0.05, 0) is 31.9 Å². The van der Waals surface area contributed by atoms with E-state index in [1.807, 2.05) is 13.8 Å². The SMILES string of the molecule is CCCCCN(C(=O)CN1C(=O)C(C)Oc2ccccc21)c1c(N)n(CCCC)c(=O)[nH]c1=O. The third-order valence-electron chi connectivity index (χ3n) is 5.87. The molecular formula is C24H33N5O5. The minimum Gasteiger partial charge on any atom is -0.479 e. The molecule has 1 aromatic carbocycles. The molecule has 0 saturated heterocycles. The Morgan fingerprint density at radius 3 is 2.53 bits per heavy atom. The monoisotopic (exact) mass is 471 g/mol. The van der Waals surface area contributed by atoms with Gasteiger partial charge in [-0.25, -0.2) is 4.79 Å². The topological polar surface area (TPSA) is 131 Å². The third kappa shape index (κ3) is 5.16. The number of nitrogens with one attached hydrogen (secondary N) is 1. The molecule has 184 valence electrons. The van der Waals surface area contributed by atoms with Crippen molar-refractivity contribution in [2.75, 3.05) is 28.6 Å². The van der Waals surface area contributed by atoms with Gasteiger partial charge in [0.15, 0.2) is 11.8 Å². The van der Waals surface area contributed by atoms with Crippen LogP contribution in [0.15, 0.2) is 33.9 Å². The smallest absolute Gasteiger partial charge is 0.330 e. The van der Waals surface area contributed by atoms with E-state index in [2.05, 4.69) is 4.98 Å². The number of nitrogens with zero attached hydrogens (tertiary/aromatic N) is 3. The molecule has 2 amide bonds. The van der Waals surface area contributed by atoms with Gasteiger partial charge in [-0.15, -0.1) is 0 Å². The van der Waals surface area contributed by atoms with Gasteiger partial charge in [0.05, 0.1) is 5.69 Å². The fourth-order valence-corrected chi connectivity index (χ4v) is 4.00. The van der Waals surface area contributed by atoms with Crippen molar-refractivity contribution in [3.8, 4) is 5.75 Å². The Kier molecular flexibility index (Phi) is 8.14. The van der Waals surface area contributed by atoms with E-state index in [0.717, 1.165) is 19.3 Å². The van der Waals surface area contributed by atoms with Gasteiger partial charge in [0.25, 0.3) is 11.5 Å². The summed E-state index contributed by atoms with van der Waals surface area (Å²) in [6.45, 7) is 5.91. The summed E-state index contributed by atoms with van der Waals surface area (Å²) in [6, 6.07) is 6.99. The fourth-order valence-electron chi connectivity index (χ4n) is 4.00. The highest BCUT2D eigenvalue weighted by atomic mass is 16.5. The van der Waals surface area contributed by atoms with Crippen LogP contribution in [0.1, 0.15) is 52.9 Å². The number of hydrogen-bond donors (Lipinski definition) is 2. The molecule has 1 aliphatic rings. The second-order valence-electron chi connectivity index (χ2n) is 8.40. The molecular weight excluding hydrogens is 438 g/mol. The highest BCUT2D eigenvalue weighted by Crippen LogP contribution is 2.33. The summed E-state index contributed by atoms with van der Waals surface area (Å²) in [5.41, 5.74) is 5.38. The van der Waals surface area contributed by atoms with Gasteiger partial charge in [-0.3, -0.25) is 28.8 Å². The second-order valence-corrected chi connectivity index (χ2v) is 8.40. The van der Waals surface area contributed by atoms with Crippen LogP contribution >= 0.6 is 0 Å². The maximum Gasteiger partial charge on any atom is 0.330 e.